The number of carbonyl (C=O) groups excluding carboxylic acids is 3. The lowest BCUT2D eigenvalue weighted by Gasteiger charge is -2.18. The van der Waals surface area contributed by atoms with Gasteiger partial charge in [-0.05, 0) is 141 Å². The molecule has 0 amide bonds. The molecule has 0 aliphatic carbocycles. The molecular weight excluding hydrogens is 997 g/mol. The van der Waals surface area contributed by atoms with E-state index in [-0.39, 0.29) is 31.1 Å². The van der Waals surface area contributed by atoms with Gasteiger partial charge in [0.2, 0.25) is 0 Å². The predicted molar refractivity (Wildman–Crippen MR) is 353 cm³/mol. The average molecular weight is 1120 g/mol. The fraction of sp³-hybridized carbons (Fsp3) is 0.667. The number of unbranched alkanes of at least 4 members (excludes halogenated alkanes) is 27. The summed E-state index contributed by atoms with van der Waals surface area (Å²) in [6.07, 6.45) is 95.9. The fourth-order valence-corrected chi connectivity index (χ4v) is 9.07. The van der Waals surface area contributed by atoms with Crippen LogP contribution in [0.4, 0.5) is 0 Å². The van der Waals surface area contributed by atoms with Gasteiger partial charge in [0.15, 0.2) is 6.10 Å². The zero-order valence-electron chi connectivity index (χ0n) is 52.8. The quantitative estimate of drug-likeness (QED) is 0.0261. The maximum Gasteiger partial charge on any atom is 0.306 e. The van der Waals surface area contributed by atoms with E-state index >= 15 is 0 Å². The summed E-state index contributed by atoms with van der Waals surface area (Å²) in [4.78, 5) is 38.4. The molecular formula is C75H124O6. The molecule has 0 saturated heterocycles. The molecule has 0 fully saturated rings. The number of rotatable bonds is 60. The Balaban J connectivity index is 4.46. The van der Waals surface area contributed by atoms with E-state index in [0.717, 1.165) is 141 Å². The number of esters is 3. The van der Waals surface area contributed by atoms with Crippen molar-refractivity contribution in [3.8, 4) is 0 Å². The normalized spacial score (nSPS) is 13.0. The molecule has 0 N–H and O–H groups in total. The molecule has 0 rings (SSSR count). The Morgan fingerprint density at radius 3 is 0.753 bits per heavy atom. The first-order valence-corrected chi connectivity index (χ1v) is 33.7. The molecule has 0 aromatic heterocycles. The molecule has 0 radical (unpaired) electrons. The van der Waals surface area contributed by atoms with Crippen molar-refractivity contribution in [2.75, 3.05) is 13.2 Å². The standard InChI is InChI=1S/C75H124O6/c1-4-7-10-13-16-19-22-25-28-31-34-35-36-37-38-39-42-44-47-50-53-56-59-62-65-68-74(77)80-71-72(81-75(78)69-66-63-60-57-54-51-48-45-41-33-30-27-24-21-18-15-12-9-6-3)70-79-73(76)67-64-61-58-55-52-49-46-43-40-32-29-26-23-20-17-14-11-8-5-2/h7,10,16-21,25-30,34-35,37-38,41-42,44-45,72H,4-6,8-9,11-15,22-24,31-33,36,39-40,43,46-71H2,1-3H3/b10-7-,19-16-,20-17-,21-18-,28-25-,29-26-,30-27-,35-34-,38-37-,44-42-,45-41-. The van der Waals surface area contributed by atoms with Crippen LogP contribution in [0.1, 0.15) is 303 Å². The van der Waals surface area contributed by atoms with Gasteiger partial charge < -0.3 is 14.2 Å². The third-order valence-corrected chi connectivity index (χ3v) is 14.1. The minimum atomic E-state index is -0.800. The Hall–Kier alpha value is -4.45. The lowest BCUT2D eigenvalue weighted by atomic mass is 10.1. The highest BCUT2D eigenvalue weighted by molar-refractivity contribution is 5.71. The van der Waals surface area contributed by atoms with E-state index in [4.69, 9.17) is 14.2 Å². The zero-order chi connectivity index (χ0) is 58.5. The molecule has 1 atom stereocenters. The topological polar surface area (TPSA) is 78.9 Å². The lowest BCUT2D eigenvalue weighted by Crippen LogP contribution is -2.30. The SMILES string of the molecule is CC/C=C\C/C=C\C/C=C\C/C=C\C/C=C\C/C=C\CCCCCCCCC(=O)OCC(COC(=O)CCCCCCCCCCC/C=C\C/C=C\CCCCC)OC(=O)CCCCCCCC/C=C\C/C=C\C/C=C\CCCCC. The van der Waals surface area contributed by atoms with E-state index in [2.05, 4.69) is 154 Å². The van der Waals surface area contributed by atoms with Crippen molar-refractivity contribution in [1.82, 2.24) is 0 Å². The summed E-state index contributed by atoms with van der Waals surface area (Å²) in [7, 11) is 0. The van der Waals surface area contributed by atoms with Crippen molar-refractivity contribution in [3.05, 3.63) is 134 Å². The molecule has 6 nitrogen and oxygen atoms in total. The highest BCUT2D eigenvalue weighted by atomic mass is 16.6. The Morgan fingerprint density at radius 2 is 0.481 bits per heavy atom. The van der Waals surface area contributed by atoms with Gasteiger partial charge in [0.25, 0.3) is 0 Å². The Labute approximate surface area is 500 Å². The first-order chi connectivity index (χ1) is 40.0. The van der Waals surface area contributed by atoms with Crippen LogP contribution in [0.3, 0.4) is 0 Å². The van der Waals surface area contributed by atoms with E-state index in [1.54, 1.807) is 0 Å². The highest BCUT2D eigenvalue weighted by Gasteiger charge is 2.19. The Morgan fingerprint density at radius 1 is 0.259 bits per heavy atom. The predicted octanol–water partition coefficient (Wildman–Crippen LogP) is 23.3. The molecule has 0 spiro atoms. The van der Waals surface area contributed by atoms with Gasteiger partial charge in [-0.3, -0.25) is 14.4 Å². The number of hydrogen-bond donors (Lipinski definition) is 0. The number of carbonyl (C=O) groups is 3. The van der Waals surface area contributed by atoms with Gasteiger partial charge >= 0.3 is 17.9 Å². The first kappa shape index (κ1) is 76.5. The van der Waals surface area contributed by atoms with Crippen LogP contribution in [0.5, 0.6) is 0 Å². The van der Waals surface area contributed by atoms with Gasteiger partial charge in [-0.25, -0.2) is 0 Å². The summed E-state index contributed by atoms with van der Waals surface area (Å²) in [5, 5.41) is 0. The number of allylic oxidation sites excluding steroid dienone is 22. The van der Waals surface area contributed by atoms with Gasteiger partial charge in [0, 0.05) is 19.3 Å². The van der Waals surface area contributed by atoms with Crippen molar-refractivity contribution in [2.24, 2.45) is 0 Å². The minimum Gasteiger partial charge on any atom is -0.462 e. The number of ether oxygens (including phenoxy) is 3. The first-order valence-electron chi connectivity index (χ1n) is 33.7. The van der Waals surface area contributed by atoms with Crippen LogP contribution in [-0.4, -0.2) is 37.2 Å². The molecule has 0 bridgehead atoms. The van der Waals surface area contributed by atoms with Gasteiger partial charge in [0.1, 0.15) is 13.2 Å². The van der Waals surface area contributed by atoms with Crippen LogP contribution in [0.25, 0.3) is 0 Å². The molecule has 0 aliphatic rings. The van der Waals surface area contributed by atoms with E-state index in [1.807, 2.05) is 0 Å². The van der Waals surface area contributed by atoms with E-state index in [1.165, 1.54) is 122 Å². The third kappa shape index (κ3) is 66.2. The van der Waals surface area contributed by atoms with Crippen LogP contribution in [0, 0.1) is 0 Å². The Bertz CT molecular complexity index is 1720. The van der Waals surface area contributed by atoms with Crippen molar-refractivity contribution >= 4 is 17.9 Å². The second kappa shape index (κ2) is 68.1. The zero-order valence-corrected chi connectivity index (χ0v) is 52.8. The Kier molecular flexibility index (Phi) is 64.3. The van der Waals surface area contributed by atoms with Crippen LogP contribution in [0.2, 0.25) is 0 Å². The van der Waals surface area contributed by atoms with E-state index < -0.39 is 6.10 Å². The van der Waals surface area contributed by atoms with E-state index in [0.29, 0.717) is 19.3 Å². The summed E-state index contributed by atoms with van der Waals surface area (Å²) in [6.45, 7) is 6.47. The summed E-state index contributed by atoms with van der Waals surface area (Å²) >= 11 is 0. The van der Waals surface area contributed by atoms with Gasteiger partial charge in [-0.15, -0.1) is 0 Å². The molecule has 0 heterocycles. The van der Waals surface area contributed by atoms with Crippen LogP contribution >= 0.6 is 0 Å². The maximum absolute atomic E-state index is 12.9. The van der Waals surface area contributed by atoms with Gasteiger partial charge in [0.05, 0.1) is 0 Å². The van der Waals surface area contributed by atoms with Gasteiger partial charge in [-0.2, -0.15) is 0 Å². The molecule has 460 valence electrons. The molecule has 0 aromatic rings. The minimum absolute atomic E-state index is 0.0936. The van der Waals surface area contributed by atoms with E-state index in [9.17, 15) is 14.4 Å². The molecule has 0 aliphatic heterocycles. The second-order valence-corrected chi connectivity index (χ2v) is 22.0. The summed E-state index contributed by atoms with van der Waals surface area (Å²) in [6, 6.07) is 0. The van der Waals surface area contributed by atoms with Gasteiger partial charge in [-0.1, -0.05) is 276 Å². The van der Waals surface area contributed by atoms with Crippen molar-refractivity contribution in [2.45, 2.75) is 309 Å². The average Bonchev–Trinajstić information content (AvgIpc) is 3.47. The largest absolute Gasteiger partial charge is 0.462 e. The van der Waals surface area contributed by atoms with Crippen LogP contribution < -0.4 is 0 Å². The highest BCUT2D eigenvalue weighted by Crippen LogP contribution is 2.15. The van der Waals surface area contributed by atoms with Crippen molar-refractivity contribution < 1.29 is 28.6 Å². The monoisotopic (exact) mass is 1120 g/mol. The molecule has 1 unspecified atom stereocenters. The molecule has 81 heavy (non-hydrogen) atoms. The maximum atomic E-state index is 12.9. The fourth-order valence-electron chi connectivity index (χ4n) is 9.07. The molecule has 6 heteroatoms. The van der Waals surface area contributed by atoms with Crippen molar-refractivity contribution in [1.29, 1.82) is 0 Å². The lowest BCUT2D eigenvalue weighted by molar-refractivity contribution is -0.167. The second-order valence-electron chi connectivity index (χ2n) is 22.0. The van der Waals surface area contributed by atoms with Crippen molar-refractivity contribution in [3.63, 3.8) is 0 Å². The summed E-state index contributed by atoms with van der Waals surface area (Å²) < 4.78 is 17.0. The summed E-state index contributed by atoms with van der Waals surface area (Å²) in [5.41, 5.74) is 0. The molecule has 0 saturated carbocycles. The molecule has 0 aromatic carbocycles. The third-order valence-electron chi connectivity index (χ3n) is 14.1. The van der Waals surface area contributed by atoms with Crippen LogP contribution in [0.15, 0.2) is 134 Å². The smallest absolute Gasteiger partial charge is 0.306 e. The van der Waals surface area contributed by atoms with Crippen LogP contribution in [-0.2, 0) is 28.6 Å². The number of hydrogen-bond acceptors (Lipinski definition) is 6. The summed E-state index contributed by atoms with van der Waals surface area (Å²) in [5.74, 6) is -0.920.